The zero-order valence-electron chi connectivity index (χ0n) is 11.8. The van der Waals surface area contributed by atoms with Crippen LogP contribution in [0, 0.1) is 12.3 Å². The number of aryl methyl sites for hydroxylation is 1. The number of carboxylic acid groups (broad SMARTS) is 1. The first-order valence-corrected chi connectivity index (χ1v) is 7.10. The summed E-state index contributed by atoms with van der Waals surface area (Å²) in [5.74, 6) is -0.772. The summed E-state index contributed by atoms with van der Waals surface area (Å²) in [6, 6.07) is 1.39. The molecule has 2 heterocycles. The van der Waals surface area contributed by atoms with Gasteiger partial charge in [0.25, 0.3) is 0 Å². The van der Waals surface area contributed by atoms with Crippen molar-refractivity contribution in [3.63, 3.8) is 0 Å². The maximum atomic E-state index is 12.5. The Bertz CT molecular complexity index is 624. The highest BCUT2D eigenvalue weighted by molar-refractivity contribution is 6.06. The van der Waals surface area contributed by atoms with E-state index in [0.29, 0.717) is 5.76 Å². The standard InChI is InChI=1S/C15H17NO5/c1-9-11(13(18)19)6-10(21-9)8-16-12(17)7-15(14(16)20)4-2-3-5-15/h6H,2-5,7-8H2,1H3,(H,18,19). The van der Waals surface area contributed by atoms with Crippen molar-refractivity contribution in [1.82, 2.24) is 4.90 Å². The molecule has 0 atom stereocenters. The largest absolute Gasteiger partial charge is 0.478 e. The Hall–Kier alpha value is -2.11. The molecule has 1 N–H and O–H groups in total. The lowest BCUT2D eigenvalue weighted by Gasteiger charge is -2.20. The van der Waals surface area contributed by atoms with E-state index < -0.39 is 11.4 Å². The van der Waals surface area contributed by atoms with E-state index in [0.717, 1.165) is 25.7 Å². The van der Waals surface area contributed by atoms with Gasteiger partial charge in [0, 0.05) is 6.42 Å². The number of carbonyl (C=O) groups excluding carboxylic acids is 2. The Kier molecular flexibility index (Phi) is 3.11. The van der Waals surface area contributed by atoms with Crippen LogP contribution in [0.2, 0.25) is 0 Å². The van der Waals surface area contributed by atoms with Gasteiger partial charge in [0.05, 0.1) is 12.0 Å². The first-order valence-electron chi connectivity index (χ1n) is 7.10. The second kappa shape index (κ2) is 4.72. The van der Waals surface area contributed by atoms with Crippen LogP contribution in [0.3, 0.4) is 0 Å². The molecule has 1 spiro atoms. The van der Waals surface area contributed by atoms with Crippen molar-refractivity contribution in [2.45, 2.75) is 45.6 Å². The Morgan fingerprint density at radius 1 is 1.38 bits per heavy atom. The average Bonchev–Trinajstić information content (AvgIpc) is 3.07. The van der Waals surface area contributed by atoms with Gasteiger partial charge in [-0.05, 0) is 25.8 Å². The van der Waals surface area contributed by atoms with E-state index in [1.165, 1.54) is 11.0 Å². The van der Waals surface area contributed by atoms with Crippen molar-refractivity contribution < 1.29 is 23.9 Å². The molecular formula is C15H17NO5. The molecule has 2 aliphatic rings. The number of likely N-dealkylation sites (tertiary alicyclic amines) is 1. The monoisotopic (exact) mass is 291 g/mol. The molecule has 1 aliphatic heterocycles. The molecule has 112 valence electrons. The number of hydrogen-bond acceptors (Lipinski definition) is 4. The van der Waals surface area contributed by atoms with Crippen molar-refractivity contribution in [1.29, 1.82) is 0 Å². The fourth-order valence-corrected chi connectivity index (χ4v) is 3.45. The van der Waals surface area contributed by atoms with Crippen LogP contribution in [0.1, 0.15) is 54.0 Å². The van der Waals surface area contributed by atoms with Gasteiger partial charge in [-0.3, -0.25) is 14.5 Å². The van der Waals surface area contributed by atoms with Crippen LogP contribution in [0.5, 0.6) is 0 Å². The third-order valence-electron chi connectivity index (χ3n) is 4.56. The molecule has 1 saturated carbocycles. The minimum Gasteiger partial charge on any atom is -0.478 e. The lowest BCUT2D eigenvalue weighted by Crippen LogP contribution is -2.33. The van der Waals surface area contributed by atoms with Crippen LogP contribution in [-0.4, -0.2) is 27.8 Å². The van der Waals surface area contributed by atoms with E-state index in [1.807, 2.05) is 0 Å². The van der Waals surface area contributed by atoms with Crippen molar-refractivity contribution in [2.24, 2.45) is 5.41 Å². The van der Waals surface area contributed by atoms with Crippen molar-refractivity contribution in [3.05, 3.63) is 23.2 Å². The van der Waals surface area contributed by atoms with Gasteiger partial charge in [-0.2, -0.15) is 0 Å². The van der Waals surface area contributed by atoms with Gasteiger partial charge in [-0.1, -0.05) is 12.8 Å². The van der Waals surface area contributed by atoms with Gasteiger partial charge < -0.3 is 9.52 Å². The van der Waals surface area contributed by atoms with Crippen LogP contribution in [0.25, 0.3) is 0 Å². The van der Waals surface area contributed by atoms with Crippen LogP contribution < -0.4 is 0 Å². The smallest absolute Gasteiger partial charge is 0.339 e. The Balaban J connectivity index is 1.82. The number of hydrogen-bond donors (Lipinski definition) is 1. The summed E-state index contributed by atoms with van der Waals surface area (Å²) in [7, 11) is 0. The van der Waals surface area contributed by atoms with Gasteiger partial charge in [-0.25, -0.2) is 4.79 Å². The third kappa shape index (κ3) is 2.14. The maximum Gasteiger partial charge on any atom is 0.339 e. The molecule has 0 bridgehead atoms. The number of aromatic carboxylic acids is 1. The molecule has 0 aromatic carbocycles. The highest BCUT2D eigenvalue weighted by atomic mass is 16.4. The SMILES string of the molecule is Cc1oc(CN2C(=O)CC3(CCCC3)C2=O)cc1C(=O)O. The van der Waals surface area contributed by atoms with Crippen LogP contribution in [-0.2, 0) is 16.1 Å². The molecule has 0 unspecified atom stereocenters. The molecule has 3 rings (SSSR count). The summed E-state index contributed by atoms with van der Waals surface area (Å²) < 4.78 is 5.36. The van der Waals surface area contributed by atoms with Crippen molar-refractivity contribution in [2.75, 3.05) is 0 Å². The summed E-state index contributed by atoms with van der Waals surface area (Å²) >= 11 is 0. The number of rotatable bonds is 3. The van der Waals surface area contributed by atoms with Gasteiger partial charge in [0.15, 0.2) is 0 Å². The second-order valence-electron chi connectivity index (χ2n) is 5.94. The minimum atomic E-state index is -1.08. The Morgan fingerprint density at radius 2 is 2.05 bits per heavy atom. The number of imide groups is 1. The number of furan rings is 1. The van der Waals surface area contributed by atoms with E-state index >= 15 is 0 Å². The molecule has 6 heteroatoms. The Morgan fingerprint density at radius 3 is 2.62 bits per heavy atom. The highest BCUT2D eigenvalue weighted by Gasteiger charge is 2.52. The molecule has 21 heavy (non-hydrogen) atoms. The summed E-state index contributed by atoms with van der Waals surface area (Å²) in [6.07, 6.45) is 3.78. The summed E-state index contributed by atoms with van der Waals surface area (Å²) in [5, 5.41) is 9.00. The lowest BCUT2D eigenvalue weighted by molar-refractivity contribution is -0.142. The van der Waals surface area contributed by atoms with E-state index in [9.17, 15) is 14.4 Å². The quantitative estimate of drug-likeness (QED) is 0.862. The van der Waals surface area contributed by atoms with Gasteiger partial charge in [0.1, 0.15) is 17.1 Å². The molecule has 1 aromatic heterocycles. The molecule has 1 aromatic rings. The van der Waals surface area contributed by atoms with Crippen LogP contribution in [0.15, 0.2) is 10.5 Å². The maximum absolute atomic E-state index is 12.5. The van der Waals surface area contributed by atoms with E-state index in [2.05, 4.69) is 0 Å². The topological polar surface area (TPSA) is 87.8 Å². The zero-order chi connectivity index (χ0) is 15.2. The van der Waals surface area contributed by atoms with Crippen molar-refractivity contribution >= 4 is 17.8 Å². The molecule has 1 aliphatic carbocycles. The normalized spacial score (nSPS) is 20.7. The van der Waals surface area contributed by atoms with Crippen LogP contribution >= 0.6 is 0 Å². The van der Waals surface area contributed by atoms with Crippen LogP contribution in [0.4, 0.5) is 0 Å². The summed E-state index contributed by atoms with van der Waals surface area (Å²) in [4.78, 5) is 36.9. The number of carbonyl (C=O) groups is 3. The molecular weight excluding hydrogens is 274 g/mol. The van der Waals surface area contributed by atoms with Gasteiger partial charge in [-0.15, -0.1) is 0 Å². The number of amides is 2. The first-order chi connectivity index (χ1) is 9.93. The fourth-order valence-electron chi connectivity index (χ4n) is 3.45. The predicted octanol–water partition coefficient (Wildman–Crippen LogP) is 2.11. The lowest BCUT2D eigenvalue weighted by atomic mass is 9.84. The highest BCUT2D eigenvalue weighted by Crippen LogP contribution is 2.47. The minimum absolute atomic E-state index is 0.0214. The molecule has 1 saturated heterocycles. The summed E-state index contributed by atoms with van der Waals surface area (Å²) in [5.41, 5.74) is -0.436. The average molecular weight is 291 g/mol. The first kappa shape index (κ1) is 13.9. The second-order valence-corrected chi connectivity index (χ2v) is 5.94. The van der Waals surface area contributed by atoms with Crippen molar-refractivity contribution in [3.8, 4) is 0 Å². The third-order valence-corrected chi connectivity index (χ3v) is 4.56. The molecule has 0 radical (unpaired) electrons. The summed E-state index contributed by atoms with van der Waals surface area (Å²) in [6.45, 7) is 1.58. The van der Waals surface area contributed by atoms with Gasteiger partial charge >= 0.3 is 5.97 Å². The van der Waals surface area contributed by atoms with E-state index in [1.54, 1.807) is 6.92 Å². The Labute approximate surface area is 121 Å². The van der Waals surface area contributed by atoms with E-state index in [4.69, 9.17) is 9.52 Å². The number of carboxylic acids is 1. The fraction of sp³-hybridized carbons (Fsp3) is 0.533. The molecule has 2 fully saturated rings. The predicted molar refractivity (Wildman–Crippen MR) is 71.5 cm³/mol. The number of nitrogens with zero attached hydrogens (tertiary/aromatic N) is 1. The molecule has 2 amide bonds. The van der Waals surface area contributed by atoms with E-state index in [-0.39, 0.29) is 36.1 Å². The van der Waals surface area contributed by atoms with Gasteiger partial charge in [0.2, 0.25) is 11.8 Å². The molecule has 6 nitrogen and oxygen atoms in total. The zero-order valence-corrected chi connectivity index (χ0v) is 11.8.